The summed E-state index contributed by atoms with van der Waals surface area (Å²) in [6.07, 6.45) is 0. The maximum atomic E-state index is 12.7. The SMILES string of the molecule is CC(C)c1cc(Sc2c(Cl)cc(N3C(=O)c4ccccc4C3=O)cc2Cl)n[nH]c1=O. The average Bonchev–Trinajstić information content (AvgIpc) is 2.96. The monoisotopic (exact) mass is 459 g/mol. The largest absolute Gasteiger partial charge is 0.268 e. The van der Waals surface area contributed by atoms with Gasteiger partial charge in [-0.2, -0.15) is 5.10 Å². The Morgan fingerprint density at radius 3 is 2.07 bits per heavy atom. The number of carbonyl (C=O) groups is 2. The first-order valence-electron chi connectivity index (χ1n) is 9.02. The quantitative estimate of drug-likeness (QED) is 0.545. The number of aromatic nitrogens is 2. The number of halogens is 2. The summed E-state index contributed by atoms with van der Waals surface area (Å²) in [5.74, 6) is -0.822. The van der Waals surface area contributed by atoms with Gasteiger partial charge in [-0.15, -0.1) is 0 Å². The first-order valence-corrected chi connectivity index (χ1v) is 10.6. The lowest BCUT2D eigenvalue weighted by atomic mass is 10.1. The lowest BCUT2D eigenvalue weighted by Gasteiger charge is -2.16. The Kier molecular flexibility index (Phi) is 5.44. The van der Waals surface area contributed by atoms with E-state index in [0.29, 0.717) is 26.6 Å². The van der Waals surface area contributed by atoms with Gasteiger partial charge in [0.05, 0.1) is 31.8 Å². The lowest BCUT2D eigenvalue weighted by molar-refractivity contribution is 0.0926. The van der Waals surface area contributed by atoms with Gasteiger partial charge in [0.15, 0.2) is 0 Å². The Hall–Kier alpha value is -2.61. The number of nitrogens with one attached hydrogen (secondary N) is 1. The van der Waals surface area contributed by atoms with E-state index < -0.39 is 11.8 Å². The summed E-state index contributed by atoms with van der Waals surface area (Å²) in [7, 11) is 0. The molecule has 0 saturated carbocycles. The topological polar surface area (TPSA) is 83.1 Å². The minimum Gasteiger partial charge on any atom is -0.268 e. The van der Waals surface area contributed by atoms with Gasteiger partial charge in [-0.25, -0.2) is 10.00 Å². The molecular weight excluding hydrogens is 445 g/mol. The molecule has 0 radical (unpaired) electrons. The predicted octanol–water partition coefficient (Wildman–Crippen LogP) is 5.15. The zero-order valence-corrected chi connectivity index (χ0v) is 18.2. The molecule has 0 unspecified atom stereocenters. The van der Waals surface area contributed by atoms with Crippen LogP contribution in [-0.4, -0.2) is 22.0 Å². The van der Waals surface area contributed by atoms with E-state index in [9.17, 15) is 14.4 Å². The number of aromatic amines is 1. The number of anilines is 1. The highest BCUT2D eigenvalue weighted by molar-refractivity contribution is 7.99. The Morgan fingerprint density at radius 1 is 0.967 bits per heavy atom. The highest BCUT2D eigenvalue weighted by Gasteiger charge is 2.36. The number of fused-ring (bicyclic) bond motifs is 1. The lowest BCUT2D eigenvalue weighted by Crippen LogP contribution is -2.29. The van der Waals surface area contributed by atoms with Gasteiger partial charge in [-0.05, 0) is 36.2 Å². The molecule has 1 aromatic heterocycles. The van der Waals surface area contributed by atoms with Crippen LogP contribution in [-0.2, 0) is 0 Å². The number of hydrogen-bond donors (Lipinski definition) is 1. The molecule has 152 valence electrons. The molecule has 0 spiro atoms. The number of rotatable bonds is 4. The average molecular weight is 460 g/mol. The molecule has 1 aliphatic heterocycles. The van der Waals surface area contributed by atoms with E-state index in [1.54, 1.807) is 30.3 Å². The molecule has 2 aromatic carbocycles. The van der Waals surface area contributed by atoms with Crippen LogP contribution in [0.15, 0.2) is 57.2 Å². The molecule has 2 amide bonds. The third-order valence-electron chi connectivity index (χ3n) is 4.67. The summed E-state index contributed by atoms with van der Waals surface area (Å²) in [5.41, 5.74) is 1.33. The van der Waals surface area contributed by atoms with Crippen molar-refractivity contribution in [2.45, 2.75) is 29.7 Å². The van der Waals surface area contributed by atoms with Crippen molar-refractivity contribution in [3.8, 4) is 0 Å². The molecule has 0 fully saturated rings. The minimum absolute atomic E-state index is 0.0262. The fourth-order valence-electron chi connectivity index (χ4n) is 3.18. The van der Waals surface area contributed by atoms with E-state index in [1.807, 2.05) is 13.8 Å². The summed E-state index contributed by atoms with van der Waals surface area (Å²) < 4.78 is 0. The second-order valence-electron chi connectivity index (χ2n) is 6.98. The smallest absolute Gasteiger partial charge is 0.267 e. The Labute approximate surface area is 186 Å². The highest BCUT2D eigenvalue weighted by Crippen LogP contribution is 2.42. The number of hydrogen-bond acceptors (Lipinski definition) is 5. The van der Waals surface area contributed by atoms with Crippen molar-refractivity contribution in [1.29, 1.82) is 0 Å². The van der Waals surface area contributed by atoms with Crippen LogP contribution in [0.3, 0.4) is 0 Å². The Balaban J connectivity index is 1.69. The van der Waals surface area contributed by atoms with Crippen molar-refractivity contribution in [3.63, 3.8) is 0 Å². The zero-order chi connectivity index (χ0) is 21.6. The number of H-pyrrole nitrogens is 1. The van der Waals surface area contributed by atoms with Gasteiger partial charge in [-0.3, -0.25) is 14.4 Å². The van der Waals surface area contributed by atoms with Crippen molar-refractivity contribution in [3.05, 3.63) is 79.6 Å². The number of benzene rings is 2. The molecule has 6 nitrogen and oxygen atoms in total. The molecule has 0 atom stereocenters. The van der Waals surface area contributed by atoms with Crippen LogP contribution >= 0.6 is 35.0 Å². The van der Waals surface area contributed by atoms with Gasteiger partial charge in [0.2, 0.25) is 0 Å². The fourth-order valence-corrected chi connectivity index (χ4v) is 4.69. The number of carbonyl (C=O) groups excluding carboxylic acids is 2. The molecule has 30 heavy (non-hydrogen) atoms. The second-order valence-corrected chi connectivity index (χ2v) is 8.82. The van der Waals surface area contributed by atoms with Gasteiger partial charge >= 0.3 is 0 Å². The van der Waals surface area contributed by atoms with Crippen molar-refractivity contribution < 1.29 is 9.59 Å². The summed E-state index contributed by atoms with van der Waals surface area (Å²) in [5, 5.41) is 7.56. The van der Waals surface area contributed by atoms with Crippen LogP contribution in [0, 0.1) is 0 Å². The van der Waals surface area contributed by atoms with Crippen LogP contribution in [0.2, 0.25) is 10.0 Å². The molecule has 0 bridgehead atoms. The Morgan fingerprint density at radius 2 is 1.53 bits per heavy atom. The predicted molar refractivity (Wildman–Crippen MR) is 117 cm³/mol. The number of imide groups is 1. The molecule has 1 N–H and O–H groups in total. The van der Waals surface area contributed by atoms with E-state index in [-0.39, 0.29) is 27.2 Å². The van der Waals surface area contributed by atoms with Gasteiger partial charge in [0.1, 0.15) is 5.03 Å². The van der Waals surface area contributed by atoms with Crippen LogP contribution in [0.25, 0.3) is 0 Å². The third kappa shape index (κ3) is 3.53. The van der Waals surface area contributed by atoms with Crippen LogP contribution in [0.4, 0.5) is 5.69 Å². The van der Waals surface area contributed by atoms with E-state index in [4.69, 9.17) is 23.2 Å². The van der Waals surface area contributed by atoms with Crippen molar-refractivity contribution in [2.75, 3.05) is 4.90 Å². The highest BCUT2D eigenvalue weighted by atomic mass is 35.5. The van der Waals surface area contributed by atoms with E-state index in [2.05, 4.69) is 10.2 Å². The fraction of sp³-hybridized carbons (Fsp3) is 0.143. The summed E-state index contributed by atoms with van der Waals surface area (Å²) >= 11 is 14.1. The standard InChI is InChI=1S/C21H15Cl2N3O3S/c1-10(2)14-9-17(24-25-19(14)27)30-18-15(22)7-11(8-16(18)23)26-20(28)12-5-3-4-6-13(12)21(26)29/h3-10H,1-2H3,(H,25,27). The van der Waals surface area contributed by atoms with Gasteiger partial charge in [0, 0.05) is 5.56 Å². The van der Waals surface area contributed by atoms with Crippen LogP contribution in [0.1, 0.15) is 46.0 Å². The van der Waals surface area contributed by atoms with E-state index >= 15 is 0 Å². The van der Waals surface area contributed by atoms with Gasteiger partial charge < -0.3 is 0 Å². The number of amides is 2. The molecule has 3 aromatic rings. The van der Waals surface area contributed by atoms with E-state index in [0.717, 1.165) is 4.90 Å². The summed E-state index contributed by atoms with van der Waals surface area (Å²) in [4.78, 5) is 38.9. The van der Waals surface area contributed by atoms with Gasteiger partial charge in [0.25, 0.3) is 17.4 Å². The van der Waals surface area contributed by atoms with Crippen molar-refractivity contribution >= 4 is 52.5 Å². The van der Waals surface area contributed by atoms with Gasteiger partial charge in [-0.1, -0.05) is 60.9 Å². The molecule has 0 aliphatic carbocycles. The summed E-state index contributed by atoms with van der Waals surface area (Å²) in [6.45, 7) is 3.83. The molecule has 4 rings (SSSR count). The minimum atomic E-state index is -0.424. The van der Waals surface area contributed by atoms with E-state index in [1.165, 1.54) is 23.9 Å². The normalized spacial score (nSPS) is 13.3. The first kappa shape index (κ1) is 20.7. The molecule has 0 saturated heterocycles. The van der Waals surface area contributed by atoms with Crippen molar-refractivity contribution in [2.24, 2.45) is 0 Å². The third-order valence-corrected chi connectivity index (χ3v) is 6.56. The molecule has 2 heterocycles. The van der Waals surface area contributed by atoms with Crippen LogP contribution < -0.4 is 10.5 Å². The zero-order valence-electron chi connectivity index (χ0n) is 15.9. The molecule has 9 heteroatoms. The number of nitrogens with zero attached hydrogens (tertiary/aromatic N) is 2. The molecule has 1 aliphatic rings. The first-order chi connectivity index (χ1) is 14.3. The molecular formula is C21H15Cl2N3O3S. The summed E-state index contributed by atoms with van der Waals surface area (Å²) in [6, 6.07) is 11.4. The second kappa shape index (κ2) is 7.91. The van der Waals surface area contributed by atoms with Crippen molar-refractivity contribution in [1.82, 2.24) is 10.2 Å². The maximum Gasteiger partial charge on any atom is 0.267 e. The maximum absolute atomic E-state index is 12.7. The van der Waals surface area contributed by atoms with Crippen LogP contribution in [0.5, 0.6) is 0 Å². The Bertz CT molecular complexity index is 1200.